The Balaban J connectivity index is 2.49. The molecule has 0 fully saturated rings. The van der Waals surface area contributed by atoms with Crippen LogP contribution in [0, 0.1) is 5.82 Å². The minimum Gasteiger partial charge on any atom is -0.476 e. The molecule has 1 N–H and O–H groups in total. The van der Waals surface area contributed by atoms with Crippen LogP contribution in [0.25, 0.3) is 0 Å². The molecule has 0 bridgehead atoms. The van der Waals surface area contributed by atoms with Gasteiger partial charge in [-0.1, -0.05) is 0 Å². The Morgan fingerprint density at radius 1 is 1.44 bits per heavy atom. The zero-order valence-electron chi connectivity index (χ0n) is 10.2. The Bertz CT molecular complexity index is 539. The number of methoxy groups -OCH3 is 1. The summed E-state index contributed by atoms with van der Waals surface area (Å²) in [6, 6.07) is 2.26. The van der Waals surface area contributed by atoms with E-state index in [9.17, 15) is 14.0 Å². The maximum Gasteiger partial charge on any atom is 0.340 e. The topological polar surface area (TPSA) is 64.6 Å². The Morgan fingerprint density at radius 2 is 2.11 bits per heavy atom. The quantitative estimate of drug-likeness (QED) is 0.774. The van der Waals surface area contributed by atoms with Crippen LogP contribution in [0.15, 0.2) is 12.1 Å². The van der Waals surface area contributed by atoms with Crippen LogP contribution in [-0.4, -0.2) is 24.6 Å². The monoisotopic (exact) mass is 253 g/mol. The number of esters is 1. The summed E-state index contributed by atoms with van der Waals surface area (Å²) in [5.41, 5.74) is -1.08. The number of carbonyl (C=O) groups excluding carboxylic acids is 2. The van der Waals surface area contributed by atoms with Crippen molar-refractivity contribution in [2.45, 2.75) is 19.4 Å². The van der Waals surface area contributed by atoms with E-state index in [2.05, 4.69) is 10.1 Å². The maximum absolute atomic E-state index is 13.7. The third-order valence-corrected chi connectivity index (χ3v) is 2.63. The van der Waals surface area contributed by atoms with E-state index in [0.717, 1.165) is 13.2 Å². The molecule has 0 radical (unpaired) electrons. The number of rotatable bonds is 1. The molecular formula is C12H12FNO4. The number of fused-ring (bicyclic) bond motifs is 1. The Hall–Kier alpha value is -2.11. The van der Waals surface area contributed by atoms with E-state index in [1.54, 1.807) is 13.8 Å². The van der Waals surface area contributed by atoms with Crippen LogP contribution in [0.4, 0.5) is 10.1 Å². The molecule has 0 saturated heterocycles. The highest BCUT2D eigenvalue weighted by Crippen LogP contribution is 2.35. The average Bonchev–Trinajstić information content (AvgIpc) is 2.29. The van der Waals surface area contributed by atoms with Crippen LogP contribution in [-0.2, 0) is 9.53 Å². The Labute approximate surface area is 103 Å². The van der Waals surface area contributed by atoms with Crippen molar-refractivity contribution >= 4 is 17.6 Å². The molecule has 1 aromatic rings. The molecule has 96 valence electrons. The van der Waals surface area contributed by atoms with Gasteiger partial charge in [-0.15, -0.1) is 0 Å². The number of ether oxygens (including phenoxy) is 2. The van der Waals surface area contributed by atoms with E-state index in [4.69, 9.17) is 4.74 Å². The van der Waals surface area contributed by atoms with Gasteiger partial charge in [0.15, 0.2) is 5.60 Å². The highest BCUT2D eigenvalue weighted by Gasteiger charge is 2.36. The maximum atomic E-state index is 13.7. The summed E-state index contributed by atoms with van der Waals surface area (Å²) >= 11 is 0. The molecule has 0 aromatic heterocycles. The predicted octanol–water partition coefficient (Wildman–Crippen LogP) is 1.72. The van der Waals surface area contributed by atoms with E-state index < -0.39 is 17.4 Å². The van der Waals surface area contributed by atoms with Crippen molar-refractivity contribution in [2.24, 2.45) is 0 Å². The van der Waals surface area contributed by atoms with Crippen LogP contribution in [0.2, 0.25) is 0 Å². The summed E-state index contributed by atoms with van der Waals surface area (Å²) < 4.78 is 23.5. The number of hydrogen-bond donors (Lipinski definition) is 1. The minimum absolute atomic E-state index is 0.185. The summed E-state index contributed by atoms with van der Waals surface area (Å²) in [6.45, 7) is 3.13. The largest absolute Gasteiger partial charge is 0.476 e. The molecule has 5 nitrogen and oxygen atoms in total. The normalized spacial score (nSPS) is 16.3. The average molecular weight is 253 g/mol. The zero-order valence-corrected chi connectivity index (χ0v) is 10.2. The molecule has 0 unspecified atom stereocenters. The van der Waals surface area contributed by atoms with Crippen molar-refractivity contribution in [3.8, 4) is 5.75 Å². The van der Waals surface area contributed by atoms with Gasteiger partial charge < -0.3 is 14.8 Å². The molecule has 18 heavy (non-hydrogen) atoms. The Kier molecular flexibility index (Phi) is 2.73. The Morgan fingerprint density at radius 3 is 2.72 bits per heavy atom. The number of amides is 1. The number of anilines is 1. The number of halogens is 1. The van der Waals surface area contributed by atoms with Gasteiger partial charge in [-0.2, -0.15) is 0 Å². The predicted molar refractivity (Wildman–Crippen MR) is 61.1 cm³/mol. The molecule has 1 aromatic carbocycles. The highest BCUT2D eigenvalue weighted by molar-refractivity contribution is 6.01. The first-order valence-corrected chi connectivity index (χ1v) is 5.27. The lowest BCUT2D eigenvalue weighted by Crippen LogP contribution is -2.45. The number of carbonyl (C=O) groups is 2. The van der Waals surface area contributed by atoms with Gasteiger partial charge in [0.1, 0.15) is 11.6 Å². The molecule has 0 aliphatic carbocycles. The number of nitrogens with one attached hydrogen (secondary N) is 1. The van der Waals surface area contributed by atoms with Crippen LogP contribution < -0.4 is 10.1 Å². The summed E-state index contributed by atoms with van der Waals surface area (Å²) in [5.74, 6) is -1.75. The number of benzene rings is 1. The SMILES string of the molecule is COC(=O)c1cc2c(cc1F)OC(C)(C)C(=O)N2. The molecule has 1 amide bonds. The van der Waals surface area contributed by atoms with Crippen LogP contribution in [0.5, 0.6) is 5.75 Å². The molecular weight excluding hydrogens is 241 g/mol. The third kappa shape index (κ3) is 1.90. The standard InChI is InChI=1S/C12H12FNO4/c1-12(2)11(16)14-8-4-6(10(15)17-3)7(13)5-9(8)18-12/h4-5H,1-3H3,(H,14,16). The van der Waals surface area contributed by atoms with Gasteiger partial charge in [0, 0.05) is 6.07 Å². The molecule has 0 spiro atoms. The summed E-state index contributed by atoms with van der Waals surface area (Å²) in [4.78, 5) is 23.0. The fourth-order valence-electron chi connectivity index (χ4n) is 1.60. The zero-order chi connectivity index (χ0) is 13.5. The van der Waals surface area contributed by atoms with Crippen molar-refractivity contribution in [1.29, 1.82) is 0 Å². The van der Waals surface area contributed by atoms with Crippen molar-refractivity contribution in [3.63, 3.8) is 0 Å². The lowest BCUT2D eigenvalue weighted by molar-refractivity contribution is -0.129. The molecule has 2 rings (SSSR count). The third-order valence-electron chi connectivity index (χ3n) is 2.63. The molecule has 0 atom stereocenters. The van der Waals surface area contributed by atoms with Crippen LogP contribution in [0.1, 0.15) is 24.2 Å². The van der Waals surface area contributed by atoms with Gasteiger partial charge in [0.2, 0.25) is 0 Å². The first-order chi connectivity index (χ1) is 8.35. The second kappa shape index (κ2) is 3.97. The second-order valence-electron chi connectivity index (χ2n) is 4.39. The van der Waals surface area contributed by atoms with E-state index in [1.807, 2.05) is 0 Å². The van der Waals surface area contributed by atoms with Crippen LogP contribution in [0.3, 0.4) is 0 Å². The molecule has 6 heteroatoms. The van der Waals surface area contributed by atoms with E-state index in [0.29, 0.717) is 0 Å². The second-order valence-corrected chi connectivity index (χ2v) is 4.39. The van der Waals surface area contributed by atoms with E-state index in [1.165, 1.54) is 6.07 Å². The molecule has 1 aliphatic rings. The molecule has 1 heterocycles. The molecule has 0 saturated carbocycles. The molecule has 1 aliphatic heterocycles. The summed E-state index contributed by atoms with van der Waals surface area (Å²) in [5, 5.41) is 2.56. The number of hydrogen-bond acceptors (Lipinski definition) is 4. The van der Waals surface area contributed by atoms with Gasteiger partial charge in [0.05, 0.1) is 18.4 Å². The first-order valence-electron chi connectivity index (χ1n) is 5.27. The van der Waals surface area contributed by atoms with Gasteiger partial charge in [-0.3, -0.25) is 4.79 Å². The van der Waals surface area contributed by atoms with Gasteiger partial charge in [0.25, 0.3) is 5.91 Å². The summed E-state index contributed by atoms with van der Waals surface area (Å²) in [7, 11) is 1.15. The lowest BCUT2D eigenvalue weighted by atomic mass is 10.0. The minimum atomic E-state index is -1.08. The van der Waals surface area contributed by atoms with Crippen molar-refractivity contribution in [2.75, 3.05) is 12.4 Å². The fourth-order valence-corrected chi connectivity index (χ4v) is 1.60. The van der Waals surface area contributed by atoms with E-state index >= 15 is 0 Å². The highest BCUT2D eigenvalue weighted by atomic mass is 19.1. The van der Waals surface area contributed by atoms with Crippen molar-refractivity contribution in [1.82, 2.24) is 0 Å². The van der Waals surface area contributed by atoms with Gasteiger partial charge >= 0.3 is 5.97 Å². The van der Waals surface area contributed by atoms with Gasteiger partial charge in [-0.25, -0.2) is 9.18 Å². The summed E-state index contributed by atoms with van der Waals surface area (Å²) in [6.07, 6.45) is 0. The van der Waals surface area contributed by atoms with Crippen LogP contribution >= 0.6 is 0 Å². The fraction of sp³-hybridized carbons (Fsp3) is 0.333. The van der Waals surface area contributed by atoms with Crippen molar-refractivity contribution in [3.05, 3.63) is 23.5 Å². The van der Waals surface area contributed by atoms with Crippen molar-refractivity contribution < 1.29 is 23.5 Å². The lowest BCUT2D eigenvalue weighted by Gasteiger charge is -2.31. The van der Waals surface area contributed by atoms with Gasteiger partial charge in [-0.05, 0) is 19.9 Å². The first kappa shape index (κ1) is 12.3. The van der Waals surface area contributed by atoms with E-state index in [-0.39, 0.29) is 22.9 Å². The smallest absolute Gasteiger partial charge is 0.340 e.